The van der Waals surface area contributed by atoms with Gasteiger partial charge in [-0.2, -0.15) is 0 Å². The SMILES string of the molecule is CC1SCC(=O)N1CCO. The van der Waals surface area contributed by atoms with Gasteiger partial charge in [-0.3, -0.25) is 4.79 Å². The Morgan fingerprint density at radius 1 is 1.90 bits per heavy atom. The minimum absolute atomic E-state index is 0.0661. The van der Waals surface area contributed by atoms with Crippen molar-refractivity contribution in [1.29, 1.82) is 0 Å². The molecule has 0 aliphatic carbocycles. The zero-order valence-corrected chi connectivity index (χ0v) is 6.73. The monoisotopic (exact) mass is 161 g/mol. The first-order valence-electron chi connectivity index (χ1n) is 3.27. The van der Waals surface area contributed by atoms with Crippen molar-refractivity contribution in [3.63, 3.8) is 0 Å². The van der Waals surface area contributed by atoms with E-state index in [1.54, 1.807) is 16.7 Å². The molecule has 10 heavy (non-hydrogen) atoms. The fourth-order valence-electron chi connectivity index (χ4n) is 0.982. The zero-order chi connectivity index (χ0) is 7.56. The Hall–Kier alpha value is -0.220. The van der Waals surface area contributed by atoms with E-state index in [1.165, 1.54) is 0 Å². The van der Waals surface area contributed by atoms with Crippen molar-refractivity contribution in [2.75, 3.05) is 18.9 Å². The number of carbonyl (C=O) groups is 1. The van der Waals surface area contributed by atoms with E-state index in [-0.39, 0.29) is 17.9 Å². The van der Waals surface area contributed by atoms with E-state index in [2.05, 4.69) is 0 Å². The highest BCUT2D eigenvalue weighted by molar-refractivity contribution is 8.00. The lowest BCUT2D eigenvalue weighted by molar-refractivity contribution is -0.128. The Balaban J connectivity index is 2.46. The molecule has 0 bridgehead atoms. The van der Waals surface area contributed by atoms with Crippen molar-refractivity contribution >= 4 is 17.7 Å². The molecule has 0 aromatic rings. The molecule has 4 heteroatoms. The predicted octanol–water partition coefficient (Wildman–Crippen LogP) is -0.0999. The van der Waals surface area contributed by atoms with E-state index in [4.69, 9.17) is 5.11 Å². The third-order valence-corrected chi connectivity index (χ3v) is 2.70. The van der Waals surface area contributed by atoms with E-state index in [1.807, 2.05) is 6.92 Å². The van der Waals surface area contributed by atoms with Crippen molar-refractivity contribution in [2.45, 2.75) is 12.3 Å². The van der Waals surface area contributed by atoms with Crippen LogP contribution in [0.4, 0.5) is 0 Å². The number of hydrogen-bond donors (Lipinski definition) is 1. The molecule has 0 aromatic heterocycles. The van der Waals surface area contributed by atoms with Gasteiger partial charge < -0.3 is 10.0 Å². The fourth-order valence-corrected chi connectivity index (χ4v) is 1.93. The van der Waals surface area contributed by atoms with Crippen LogP contribution in [0.2, 0.25) is 0 Å². The van der Waals surface area contributed by atoms with E-state index in [0.717, 1.165) is 0 Å². The maximum Gasteiger partial charge on any atom is 0.233 e. The molecule has 0 radical (unpaired) electrons. The molecule has 1 heterocycles. The highest BCUT2D eigenvalue weighted by atomic mass is 32.2. The van der Waals surface area contributed by atoms with Crippen LogP contribution in [0.15, 0.2) is 0 Å². The molecule has 0 spiro atoms. The highest BCUT2D eigenvalue weighted by Gasteiger charge is 2.26. The molecule has 1 saturated heterocycles. The second-order valence-electron chi connectivity index (χ2n) is 2.22. The molecule has 1 amide bonds. The summed E-state index contributed by atoms with van der Waals surface area (Å²) in [6.07, 6.45) is 0. The van der Waals surface area contributed by atoms with Crippen LogP contribution in [0.3, 0.4) is 0 Å². The second kappa shape index (κ2) is 3.25. The molecule has 1 fully saturated rings. The lowest BCUT2D eigenvalue weighted by Crippen LogP contribution is -2.33. The van der Waals surface area contributed by atoms with Crippen LogP contribution in [-0.4, -0.2) is 40.2 Å². The first kappa shape index (κ1) is 7.88. The Kier molecular flexibility index (Phi) is 2.56. The van der Waals surface area contributed by atoms with Gasteiger partial charge in [0.25, 0.3) is 0 Å². The average Bonchev–Trinajstić information content (AvgIpc) is 2.20. The maximum atomic E-state index is 11.0. The normalized spacial score (nSPS) is 26.0. The van der Waals surface area contributed by atoms with Crippen molar-refractivity contribution in [1.82, 2.24) is 4.90 Å². The molecule has 1 rings (SSSR count). The number of thioether (sulfide) groups is 1. The van der Waals surface area contributed by atoms with Gasteiger partial charge in [-0.05, 0) is 6.92 Å². The van der Waals surface area contributed by atoms with Crippen LogP contribution in [0, 0.1) is 0 Å². The molecular formula is C6H11NO2S. The van der Waals surface area contributed by atoms with Crippen LogP contribution >= 0.6 is 11.8 Å². The number of aliphatic hydroxyl groups is 1. The summed E-state index contributed by atoms with van der Waals surface area (Å²) >= 11 is 1.62. The average molecular weight is 161 g/mol. The van der Waals surface area contributed by atoms with Gasteiger partial charge in [-0.15, -0.1) is 11.8 Å². The third kappa shape index (κ3) is 1.44. The van der Waals surface area contributed by atoms with Crippen molar-refractivity contribution in [2.24, 2.45) is 0 Å². The largest absolute Gasteiger partial charge is 0.395 e. The number of carbonyl (C=O) groups excluding carboxylic acids is 1. The quantitative estimate of drug-likeness (QED) is 0.615. The van der Waals surface area contributed by atoms with Crippen LogP contribution in [0.1, 0.15) is 6.92 Å². The van der Waals surface area contributed by atoms with Crippen molar-refractivity contribution in [3.8, 4) is 0 Å². The molecule has 1 atom stereocenters. The van der Waals surface area contributed by atoms with Crippen molar-refractivity contribution < 1.29 is 9.90 Å². The smallest absolute Gasteiger partial charge is 0.233 e. The van der Waals surface area contributed by atoms with Gasteiger partial charge in [0.1, 0.15) is 0 Å². The topological polar surface area (TPSA) is 40.5 Å². The summed E-state index contributed by atoms with van der Waals surface area (Å²) in [5.41, 5.74) is 0. The number of nitrogens with zero attached hydrogens (tertiary/aromatic N) is 1. The van der Waals surface area contributed by atoms with Crippen LogP contribution < -0.4 is 0 Å². The molecular weight excluding hydrogens is 150 g/mol. The van der Waals surface area contributed by atoms with E-state index < -0.39 is 0 Å². The molecule has 1 N–H and O–H groups in total. The van der Waals surface area contributed by atoms with Gasteiger partial charge in [-0.1, -0.05) is 0 Å². The zero-order valence-electron chi connectivity index (χ0n) is 5.91. The summed E-state index contributed by atoms with van der Waals surface area (Å²) in [5.74, 6) is 0.716. The lowest BCUT2D eigenvalue weighted by atomic mass is 10.5. The molecule has 1 aliphatic rings. The standard InChI is InChI=1S/C6H11NO2S/c1-5-7(2-3-8)6(9)4-10-5/h5,8H,2-4H2,1H3. The summed E-state index contributed by atoms with van der Waals surface area (Å²) in [5, 5.41) is 8.81. The Bertz CT molecular complexity index is 140. The van der Waals surface area contributed by atoms with Crippen LogP contribution in [0.5, 0.6) is 0 Å². The number of rotatable bonds is 2. The highest BCUT2D eigenvalue weighted by Crippen LogP contribution is 2.22. The Morgan fingerprint density at radius 3 is 3.00 bits per heavy atom. The van der Waals surface area contributed by atoms with Gasteiger partial charge in [0.2, 0.25) is 5.91 Å². The maximum absolute atomic E-state index is 11.0. The number of aliphatic hydroxyl groups excluding tert-OH is 1. The lowest BCUT2D eigenvalue weighted by Gasteiger charge is -2.18. The molecule has 3 nitrogen and oxygen atoms in total. The first-order chi connectivity index (χ1) is 4.75. The van der Waals surface area contributed by atoms with Gasteiger partial charge in [0.15, 0.2) is 0 Å². The number of hydrogen-bond acceptors (Lipinski definition) is 3. The van der Waals surface area contributed by atoms with E-state index in [0.29, 0.717) is 12.3 Å². The molecule has 0 saturated carbocycles. The second-order valence-corrected chi connectivity index (χ2v) is 3.53. The summed E-state index contributed by atoms with van der Waals surface area (Å²) in [6.45, 7) is 2.52. The predicted molar refractivity (Wildman–Crippen MR) is 40.7 cm³/mol. The summed E-state index contributed by atoms with van der Waals surface area (Å²) in [4.78, 5) is 12.7. The van der Waals surface area contributed by atoms with Gasteiger partial charge in [0, 0.05) is 6.54 Å². The summed E-state index contributed by atoms with van der Waals surface area (Å²) < 4.78 is 0. The van der Waals surface area contributed by atoms with Gasteiger partial charge >= 0.3 is 0 Å². The minimum Gasteiger partial charge on any atom is -0.395 e. The van der Waals surface area contributed by atoms with Crippen molar-refractivity contribution in [3.05, 3.63) is 0 Å². The summed E-state index contributed by atoms with van der Waals surface area (Å²) in [7, 11) is 0. The first-order valence-corrected chi connectivity index (χ1v) is 4.32. The Morgan fingerprint density at radius 2 is 2.60 bits per heavy atom. The number of amides is 1. The molecule has 58 valence electrons. The molecule has 0 aromatic carbocycles. The molecule has 1 aliphatic heterocycles. The Labute approximate surface area is 64.4 Å². The van der Waals surface area contributed by atoms with Gasteiger partial charge in [-0.25, -0.2) is 0 Å². The van der Waals surface area contributed by atoms with Crippen LogP contribution in [0.25, 0.3) is 0 Å². The third-order valence-electron chi connectivity index (χ3n) is 1.55. The fraction of sp³-hybridized carbons (Fsp3) is 0.833. The molecule has 1 unspecified atom stereocenters. The van der Waals surface area contributed by atoms with Crippen LogP contribution in [-0.2, 0) is 4.79 Å². The number of β-amino-alcohol motifs (C(OH)–C–C–N with tert-alkyl or cyclic N) is 1. The van der Waals surface area contributed by atoms with Gasteiger partial charge in [0.05, 0.1) is 17.7 Å². The minimum atomic E-state index is 0.0661. The van der Waals surface area contributed by atoms with E-state index in [9.17, 15) is 4.79 Å². The van der Waals surface area contributed by atoms with E-state index >= 15 is 0 Å². The summed E-state index contributed by atoms with van der Waals surface area (Å²) in [6, 6.07) is 0.